The van der Waals surface area contributed by atoms with Crippen LogP contribution in [0.15, 0.2) is 12.3 Å². The van der Waals surface area contributed by atoms with Crippen molar-refractivity contribution in [1.82, 2.24) is 14.8 Å². The van der Waals surface area contributed by atoms with Gasteiger partial charge in [-0.15, -0.1) is 0 Å². The van der Waals surface area contributed by atoms with Crippen molar-refractivity contribution in [3.05, 3.63) is 23.5 Å². The third-order valence-corrected chi connectivity index (χ3v) is 5.69. The second-order valence-electron chi connectivity index (χ2n) is 7.35. The number of rotatable bonds is 5. The molecule has 1 aromatic rings. The molecule has 1 aliphatic carbocycles. The van der Waals surface area contributed by atoms with Gasteiger partial charge in [0.25, 0.3) is 5.91 Å². The molecule has 2 aliphatic rings. The first-order chi connectivity index (χ1) is 12.0. The van der Waals surface area contributed by atoms with E-state index >= 15 is 0 Å². The van der Waals surface area contributed by atoms with Crippen molar-refractivity contribution in [1.29, 1.82) is 0 Å². The number of carbonyl (C=O) groups excluding carboxylic acids is 2. The normalized spacial score (nSPS) is 21.0. The van der Waals surface area contributed by atoms with Gasteiger partial charge in [-0.1, -0.05) is 19.3 Å². The molecule has 6 nitrogen and oxygen atoms in total. The van der Waals surface area contributed by atoms with Crippen molar-refractivity contribution < 1.29 is 14.3 Å². The summed E-state index contributed by atoms with van der Waals surface area (Å²) in [4.78, 5) is 26.7. The second kappa shape index (κ2) is 7.70. The lowest BCUT2D eigenvalue weighted by atomic mass is 9.79. The number of hydrogen-bond donors (Lipinski definition) is 1. The van der Waals surface area contributed by atoms with E-state index in [9.17, 15) is 9.59 Å². The monoisotopic (exact) mass is 347 g/mol. The summed E-state index contributed by atoms with van der Waals surface area (Å²) in [5.74, 6) is -0.125. The highest BCUT2D eigenvalue weighted by Gasteiger charge is 2.39. The molecular weight excluding hydrogens is 318 g/mol. The van der Waals surface area contributed by atoms with Crippen molar-refractivity contribution in [3.8, 4) is 0 Å². The minimum atomic E-state index is -0.104. The van der Waals surface area contributed by atoms with Gasteiger partial charge in [0.15, 0.2) is 5.78 Å². The largest absolute Gasteiger partial charge is 0.379 e. The number of Topliss-reactive ketones (excluding diaryl/α,β-unsaturated/α-hetero) is 1. The number of amides is 1. The van der Waals surface area contributed by atoms with E-state index in [1.165, 1.54) is 26.2 Å². The predicted octanol–water partition coefficient (Wildman–Crippen LogP) is 1.99. The van der Waals surface area contributed by atoms with Gasteiger partial charge in [-0.25, -0.2) is 0 Å². The summed E-state index contributed by atoms with van der Waals surface area (Å²) < 4.78 is 7.24. The molecule has 1 aromatic heterocycles. The average Bonchev–Trinajstić information content (AvgIpc) is 3.03. The van der Waals surface area contributed by atoms with Crippen LogP contribution in [-0.2, 0) is 11.8 Å². The maximum atomic E-state index is 12.7. The minimum absolute atomic E-state index is 0.0216. The first-order valence-electron chi connectivity index (χ1n) is 9.30. The van der Waals surface area contributed by atoms with Crippen molar-refractivity contribution >= 4 is 11.7 Å². The van der Waals surface area contributed by atoms with Crippen LogP contribution in [0.1, 0.15) is 59.9 Å². The lowest BCUT2D eigenvalue weighted by Crippen LogP contribution is -2.59. The second-order valence-corrected chi connectivity index (χ2v) is 7.35. The van der Waals surface area contributed by atoms with Crippen molar-refractivity contribution in [2.24, 2.45) is 7.05 Å². The van der Waals surface area contributed by atoms with Crippen LogP contribution in [0.5, 0.6) is 0 Å². The van der Waals surface area contributed by atoms with E-state index in [1.54, 1.807) is 23.9 Å². The number of nitrogens with zero attached hydrogens (tertiary/aromatic N) is 2. The van der Waals surface area contributed by atoms with Gasteiger partial charge in [-0.2, -0.15) is 0 Å². The molecule has 0 aromatic carbocycles. The zero-order valence-electron chi connectivity index (χ0n) is 15.3. The standard InChI is InChI=1S/C19H29N3O3/c1-15(23)16-12-17(21(2)13-16)18(24)20-14-19(6-4-3-5-7-19)22-8-10-25-11-9-22/h12-13H,3-11,14H2,1-2H3,(H,20,24). The molecule has 138 valence electrons. The van der Waals surface area contributed by atoms with Crippen LogP contribution >= 0.6 is 0 Å². The fourth-order valence-corrected chi connectivity index (χ4v) is 4.17. The summed E-state index contributed by atoms with van der Waals surface area (Å²) in [5.41, 5.74) is 1.16. The SMILES string of the molecule is CC(=O)c1cc(C(=O)NCC2(N3CCOCC3)CCCCC2)n(C)c1. The number of carbonyl (C=O) groups is 2. The summed E-state index contributed by atoms with van der Waals surface area (Å²) in [6, 6.07) is 1.68. The number of aryl methyl sites for hydroxylation is 1. The molecule has 0 unspecified atom stereocenters. The van der Waals surface area contributed by atoms with E-state index < -0.39 is 0 Å². The first kappa shape index (κ1) is 18.1. The van der Waals surface area contributed by atoms with Gasteiger partial charge in [0, 0.05) is 44.0 Å². The summed E-state index contributed by atoms with van der Waals surface area (Å²) in [5, 5.41) is 3.15. The first-order valence-corrected chi connectivity index (χ1v) is 9.30. The highest BCUT2D eigenvalue weighted by Crippen LogP contribution is 2.34. The quantitative estimate of drug-likeness (QED) is 0.828. The number of nitrogens with one attached hydrogen (secondary N) is 1. The highest BCUT2D eigenvalue weighted by molar-refractivity contribution is 5.99. The van der Waals surface area contributed by atoms with E-state index in [0.717, 1.165) is 39.1 Å². The zero-order chi connectivity index (χ0) is 17.9. The van der Waals surface area contributed by atoms with E-state index in [-0.39, 0.29) is 17.2 Å². The van der Waals surface area contributed by atoms with Gasteiger partial charge >= 0.3 is 0 Å². The number of hydrogen-bond acceptors (Lipinski definition) is 4. The van der Waals surface area contributed by atoms with Crippen LogP contribution < -0.4 is 5.32 Å². The van der Waals surface area contributed by atoms with Gasteiger partial charge < -0.3 is 14.6 Å². The Balaban J connectivity index is 1.70. The molecule has 1 saturated heterocycles. The Kier molecular flexibility index (Phi) is 5.59. The van der Waals surface area contributed by atoms with Crippen molar-refractivity contribution in [3.63, 3.8) is 0 Å². The van der Waals surface area contributed by atoms with E-state index in [0.29, 0.717) is 17.8 Å². The third kappa shape index (κ3) is 3.96. The average molecular weight is 347 g/mol. The fourth-order valence-electron chi connectivity index (χ4n) is 4.17. The molecule has 1 N–H and O–H groups in total. The Morgan fingerprint density at radius 2 is 1.88 bits per heavy atom. The van der Waals surface area contributed by atoms with Crippen LogP contribution in [0.4, 0.5) is 0 Å². The highest BCUT2D eigenvalue weighted by atomic mass is 16.5. The van der Waals surface area contributed by atoms with Crippen LogP contribution in [0.3, 0.4) is 0 Å². The molecule has 1 saturated carbocycles. The zero-order valence-corrected chi connectivity index (χ0v) is 15.3. The molecule has 1 aliphatic heterocycles. The molecular formula is C19H29N3O3. The van der Waals surface area contributed by atoms with E-state index in [2.05, 4.69) is 10.2 Å². The molecule has 3 rings (SSSR count). The molecule has 0 bridgehead atoms. The summed E-state index contributed by atoms with van der Waals surface area (Å²) in [6.45, 7) is 5.60. The van der Waals surface area contributed by atoms with Crippen molar-refractivity contribution in [2.45, 2.75) is 44.6 Å². The Labute approximate surface area is 149 Å². The Morgan fingerprint density at radius 1 is 1.20 bits per heavy atom. The molecule has 2 fully saturated rings. The van der Waals surface area contributed by atoms with Crippen LogP contribution in [0.2, 0.25) is 0 Å². The third-order valence-electron chi connectivity index (χ3n) is 5.69. The van der Waals surface area contributed by atoms with Crippen LogP contribution in [0.25, 0.3) is 0 Å². The Morgan fingerprint density at radius 3 is 2.48 bits per heavy atom. The van der Waals surface area contributed by atoms with Crippen molar-refractivity contribution in [2.75, 3.05) is 32.8 Å². The molecule has 0 atom stereocenters. The smallest absolute Gasteiger partial charge is 0.267 e. The molecule has 0 radical (unpaired) electrons. The maximum Gasteiger partial charge on any atom is 0.267 e. The Hall–Kier alpha value is -1.66. The van der Waals surface area contributed by atoms with Gasteiger partial charge in [0.2, 0.25) is 0 Å². The summed E-state index contributed by atoms with van der Waals surface area (Å²) in [6.07, 6.45) is 7.67. The number of morpholine rings is 1. The summed E-state index contributed by atoms with van der Waals surface area (Å²) in [7, 11) is 1.81. The lowest BCUT2D eigenvalue weighted by Gasteiger charge is -2.48. The molecule has 6 heteroatoms. The van der Waals surface area contributed by atoms with E-state index in [1.807, 2.05) is 0 Å². The molecule has 0 spiro atoms. The van der Waals surface area contributed by atoms with Crippen LogP contribution in [-0.4, -0.2) is 59.5 Å². The summed E-state index contributed by atoms with van der Waals surface area (Å²) >= 11 is 0. The lowest BCUT2D eigenvalue weighted by molar-refractivity contribution is -0.0361. The minimum Gasteiger partial charge on any atom is -0.379 e. The molecule has 2 heterocycles. The number of ether oxygens (including phenoxy) is 1. The van der Waals surface area contributed by atoms with Gasteiger partial charge in [-0.3, -0.25) is 14.5 Å². The molecule has 1 amide bonds. The predicted molar refractivity (Wildman–Crippen MR) is 96.0 cm³/mol. The van der Waals surface area contributed by atoms with Gasteiger partial charge in [-0.05, 0) is 25.8 Å². The van der Waals surface area contributed by atoms with E-state index in [4.69, 9.17) is 4.74 Å². The molecule has 25 heavy (non-hydrogen) atoms. The number of ketones is 1. The van der Waals surface area contributed by atoms with Gasteiger partial charge in [0.05, 0.1) is 13.2 Å². The maximum absolute atomic E-state index is 12.7. The Bertz CT molecular complexity index is 626. The fraction of sp³-hybridized carbons (Fsp3) is 0.684. The number of aromatic nitrogens is 1. The van der Waals surface area contributed by atoms with Crippen LogP contribution in [0, 0.1) is 0 Å². The van der Waals surface area contributed by atoms with Gasteiger partial charge in [0.1, 0.15) is 5.69 Å². The topological polar surface area (TPSA) is 63.6 Å².